The molecule has 3 unspecified atom stereocenters. The van der Waals surface area contributed by atoms with Crippen LogP contribution in [0.15, 0.2) is 12.2 Å². The quantitative estimate of drug-likeness (QED) is 0.0272. The van der Waals surface area contributed by atoms with Crippen LogP contribution in [0.1, 0.15) is 290 Å². The Morgan fingerprint density at radius 3 is 1.20 bits per heavy atom. The van der Waals surface area contributed by atoms with Crippen LogP contribution in [0.4, 0.5) is 0 Å². The molecule has 0 aliphatic rings. The van der Waals surface area contributed by atoms with Crippen LogP contribution in [0.5, 0.6) is 0 Å². The smallest absolute Gasteiger partial charge is 0.268 e. The Kier molecular flexibility index (Phi) is 47.7. The van der Waals surface area contributed by atoms with Gasteiger partial charge in [-0.1, -0.05) is 257 Å². The molecule has 0 radical (unpaired) electrons. The molecule has 0 bridgehead atoms. The summed E-state index contributed by atoms with van der Waals surface area (Å²) in [4.78, 5) is 25.5. The molecule has 1 amide bonds. The third-order valence-corrected chi connectivity index (χ3v) is 14.2. The number of aliphatic hydroxyl groups excluding tert-OH is 1. The monoisotopic (exact) mass is 941 g/mol. The van der Waals surface area contributed by atoms with Gasteiger partial charge in [0.25, 0.3) is 7.82 Å². The molecule has 9 heteroatoms. The SMILES string of the molecule is CCCCCCCCCCCCC/C=C\CCCCCCCCCC(=O)NC(COP(=O)([O-])OCC[N+](C)(C)C)C(O)CCCCCCCCCCCCCCCCCCCCCCC. The maximum absolute atomic E-state index is 13.0. The highest BCUT2D eigenvalue weighted by molar-refractivity contribution is 7.45. The molecule has 0 aromatic heterocycles. The second kappa shape index (κ2) is 48.3. The van der Waals surface area contributed by atoms with E-state index in [1.807, 2.05) is 21.1 Å². The number of carbonyl (C=O) groups excluding carboxylic acids is 1. The van der Waals surface area contributed by atoms with E-state index < -0.39 is 20.0 Å². The summed E-state index contributed by atoms with van der Waals surface area (Å²) in [6.45, 7) is 4.76. The van der Waals surface area contributed by atoms with Gasteiger partial charge >= 0.3 is 0 Å². The molecule has 65 heavy (non-hydrogen) atoms. The Morgan fingerprint density at radius 1 is 0.523 bits per heavy atom. The Morgan fingerprint density at radius 2 is 0.846 bits per heavy atom. The van der Waals surface area contributed by atoms with E-state index in [-0.39, 0.29) is 19.1 Å². The minimum atomic E-state index is -4.57. The van der Waals surface area contributed by atoms with E-state index >= 15 is 0 Å². The van der Waals surface area contributed by atoms with Crippen molar-refractivity contribution in [2.24, 2.45) is 0 Å². The number of likely N-dealkylation sites (N-methyl/N-ethyl adjacent to an activating group) is 1. The van der Waals surface area contributed by atoms with Crippen LogP contribution in [0, 0.1) is 0 Å². The van der Waals surface area contributed by atoms with Crippen molar-refractivity contribution in [1.29, 1.82) is 0 Å². The molecular formula is C56H113N2O6P. The van der Waals surface area contributed by atoms with Crippen molar-refractivity contribution in [3.63, 3.8) is 0 Å². The van der Waals surface area contributed by atoms with Crippen LogP contribution in [0.3, 0.4) is 0 Å². The number of nitrogens with one attached hydrogen (secondary N) is 1. The van der Waals surface area contributed by atoms with Crippen LogP contribution < -0.4 is 10.2 Å². The average molecular weight is 942 g/mol. The number of allylic oxidation sites excluding steroid dienone is 2. The van der Waals surface area contributed by atoms with Crippen LogP contribution in [-0.4, -0.2) is 68.5 Å². The molecular weight excluding hydrogens is 828 g/mol. The number of unbranched alkanes of at least 4 members (excludes halogenated alkanes) is 38. The summed E-state index contributed by atoms with van der Waals surface area (Å²) in [5, 5.41) is 14.0. The number of phosphoric acid groups is 1. The molecule has 0 fully saturated rings. The topological polar surface area (TPSA) is 108 Å². The molecule has 0 saturated heterocycles. The number of phosphoric ester groups is 1. The number of aliphatic hydroxyl groups is 1. The lowest BCUT2D eigenvalue weighted by atomic mass is 10.0. The van der Waals surface area contributed by atoms with Gasteiger partial charge in [0.15, 0.2) is 0 Å². The summed E-state index contributed by atoms with van der Waals surface area (Å²) in [6, 6.07) is -0.800. The lowest BCUT2D eigenvalue weighted by molar-refractivity contribution is -0.870. The zero-order valence-electron chi connectivity index (χ0n) is 44.2. The largest absolute Gasteiger partial charge is 0.756 e. The predicted molar refractivity (Wildman–Crippen MR) is 279 cm³/mol. The summed E-state index contributed by atoms with van der Waals surface area (Å²) >= 11 is 0. The summed E-state index contributed by atoms with van der Waals surface area (Å²) in [5.41, 5.74) is 0. The van der Waals surface area contributed by atoms with Gasteiger partial charge in [-0.05, 0) is 38.5 Å². The van der Waals surface area contributed by atoms with Gasteiger partial charge in [0.1, 0.15) is 13.2 Å². The number of quaternary nitrogens is 1. The van der Waals surface area contributed by atoms with Gasteiger partial charge in [0.05, 0.1) is 39.9 Å². The number of rotatable bonds is 53. The fraction of sp³-hybridized carbons (Fsp3) is 0.946. The number of carbonyl (C=O) groups is 1. The number of nitrogens with zero attached hydrogens (tertiary/aromatic N) is 1. The normalized spacial score (nSPS) is 14.0. The predicted octanol–water partition coefficient (Wildman–Crippen LogP) is 16.4. The van der Waals surface area contributed by atoms with Crippen LogP contribution in [0.2, 0.25) is 0 Å². The Balaban J connectivity index is 4.17. The molecule has 0 saturated carbocycles. The first-order valence-electron chi connectivity index (χ1n) is 28.5. The first-order valence-corrected chi connectivity index (χ1v) is 30.0. The molecule has 0 aromatic carbocycles. The Bertz CT molecular complexity index is 1070. The Hall–Kier alpha value is -0.760. The molecule has 3 atom stereocenters. The van der Waals surface area contributed by atoms with E-state index in [0.717, 1.165) is 38.5 Å². The van der Waals surface area contributed by atoms with Crippen LogP contribution in [0.25, 0.3) is 0 Å². The number of hydrogen-bond donors (Lipinski definition) is 2. The minimum absolute atomic E-state index is 0.0137. The highest BCUT2D eigenvalue weighted by Crippen LogP contribution is 2.38. The molecule has 0 aliphatic heterocycles. The van der Waals surface area contributed by atoms with Gasteiger partial charge in [-0.15, -0.1) is 0 Å². The van der Waals surface area contributed by atoms with Crippen molar-refractivity contribution in [2.75, 3.05) is 40.9 Å². The van der Waals surface area contributed by atoms with Crippen molar-refractivity contribution in [1.82, 2.24) is 5.32 Å². The zero-order valence-corrected chi connectivity index (χ0v) is 45.1. The van der Waals surface area contributed by atoms with E-state index in [4.69, 9.17) is 9.05 Å². The first kappa shape index (κ1) is 64.2. The molecule has 0 rings (SSSR count). The van der Waals surface area contributed by atoms with Gasteiger partial charge in [-0.25, -0.2) is 0 Å². The van der Waals surface area contributed by atoms with Crippen LogP contribution >= 0.6 is 7.82 Å². The number of amides is 1. The molecule has 0 aliphatic carbocycles. The van der Waals surface area contributed by atoms with E-state index in [2.05, 4.69) is 31.3 Å². The highest BCUT2D eigenvalue weighted by Gasteiger charge is 2.24. The highest BCUT2D eigenvalue weighted by atomic mass is 31.2. The fourth-order valence-electron chi connectivity index (χ4n) is 8.74. The third kappa shape index (κ3) is 50.9. The molecule has 8 nitrogen and oxygen atoms in total. The summed E-state index contributed by atoms with van der Waals surface area (Å²) in [7, 11) is 1.32. The standard InChI is InChI=1S/C56H113N2O6P/c1-6-8-10-12-14-16-18-20-22-24-26-28-30-32-34-36-38-40-42-44-46-48-50-56(60)57-54(53-64-65(61,62)63-52-51-58(3,4)5)55(59)49-47-45-43-41-39-37-35-33-31-29-27-25-23-21-19-17-15-13-11-9-7-2/h30,32,54-55,59H,6-29,31,33-53H2,1-5H3,(H-,57,60,61,62)/b32-30-. The number of hydrogen-bond acceptors (Lipinski definition) is 6. The molecule has 0 spiro atoms. The van der Waals surface area contributed by atoms with Gasteiger partial charge < -0.3 is 28.8 Å². The first-order chi connectivity index (χ1) is 31.5. The van der Waals surface area contributed by atoms with Crippen LogP contribution in [-0.2, 0) is 18.4 Å². The lowest BCUT2D eigenvalue weighted by Crippen LogP contribution is -2.46. The van der Waals surface area contributed by atoms with Crippen molar-refractivity contribution in [2.45, 2.75) is 302 Å². The van der Waals surface area contributed by atoms with Crippen molar-refractivity contribution in [3.05, 3.63) is 12.2 Å². The summed E-state index contributed by atoms with van der Waals surface area (Å²) < 4.78 is 23.4. The Labute approximate surface area is 405 Å². The van der Waals surface area contributed by atoms with Crippen molar-refractivity contribution in [3.8, 4) is 0 Å². The van der Waals surface area contributed by atoms with Crippen molar-refractivity contribution >= 4 is 13.7 Å². The molecule has 0 heterocycles. The van der Waals surface area contributed by atoms with Gasteiger partial charge in [-0.3, -0.25) is 9.36 Å². The second-order valence-electron chi connectivity index (χ2n) is 21.0. The average Bonchev–Trinajstić information content (AvgIpc) is 3.26. The lowest BCUT2D eigenvalue weighted by Gasteiger charge is -2.30. The second-order valence-corrected chi connectivity index (χ2v) is 22.4. The van der Waals surface area contributed by atoms with E-state index in [1.165, 1.54) is 225 Å². The van der Waals surface area contributed by atoms with E-state index in [1.54, 1.807) is 0 Å². The molecule has 388 valence electrons. The maximum atomic E-state index is 13.0. The molecule has 2 N–H and O–H groups in total. The van der Waals surface area contributed by atoms with Gasteiger partial charge in [-0.2, -0.15) is 0 Å². The van der Waals surface area contributed by atoms with E-state index in [0.29, 0.717) is 23.9 Å². The zero-order chi connectivity index (χ0) is 47.8. The van der Waals surface area contributed by atoms with E-state index in [9.17, 15) is 19.4 Å². The van der Waals surface area contributed by atoms with Gasteiger partial charge in [0.2, 0.25) is 5.91 Å². The minimum Gasteiger partial charge on any atom is -0.756 e. The van der Waals surface area contributed by atoms with Gasteiger partial charge in [0, 0.05) is 6.42 Å². The molecule has 0 aromatic rings. The third-order valence-electron chi connectivity index (χ3n) is 13.3. The fourth-order valence-corrected chi connectivity index (χ4v) is 9.47. The maximum Gasteiger partial charge on any atom is 0.268 e. The summed E-state index contributed by atoms with van der Waals surface area (Å²) in [5.74, 6) is -0.164. The summed E-state index contributed by atoms with van der Waals surface area (Å²) in [6.07, 6.45) is 58.1. The van der Waals surface area contributed by atoms with Crippen molar-refractivity contribution < 1.29 is 32.9 Å².